The smallest absolute Gasteiger partial charge is 0.144 e. The molecule has 2 nitrogen and oxygen atoms in total. The second-order valence-corrected chi connectivity index (χ2v) is 6.05. The minimum atomic E-state index is -1.34. The second kappa shape index (κ2) is 4.77. The molecule has 0 spiro atoms. The van der Waals surface area contributed by atoms with Crippen LogP contribution >= 0.6 is 0 Å². The molecule has 0 amide bonds. The van der Waals surface area contributed by atoms with E-state index in [9.17, 15) is 8.94 Å². The molecule has 4 heteroatoms. The van der Waals surface area contributed by atoms with Gasteiger partial charge in [0.05, 0.1) is 6.21 Å². The van der Waals surface area contributed by atoms with Gasteiger partial charge < -0.3 is 4.55 Å². The first-order chi connectivity index (χ1) is 6.91. The molecule has 0 radical (unpaired) electrons. The van der Waals surface area contributed by atoms with Gasteiger partial charge in [0.25, 0.3) is 0 Å². The lowest BCUT2D eigenvalue weighted by Crippen LogP contribution is -2.25. The third kappa shape index (κ3) is 3.64. The summed E-state index contributed by atoms with van der Waals surface area (Å²) in [5.74, 6) is -0.354. The van der Waals surface area contributed by atoms with E-state index >= 15 is 0 Å². The summed E-state index contributed by atoms with van der Waals surface area (Å²) in [6.07, 6.45) is 1.32. The number of hydrogen-bond donors (Lipinski definition) is 0. The maximum atomic E-state index is 13.1. The second-order valence-electron chi connectivity index (χ2n) is 4.12. The summed E-state index contributed by atoms with van der Waals surface area (Å²) in [5, 5.41) is 0. The molecule has 0 fully saturated rings. The lowest BCUT2D eigenvalue weighted by atomic mass is 10.2. The van der Waals surface area contributed by atoms with E-state index in [1.165, 1.54) is 12.3 Å². The summed E-state index contributed by atoms with van der Waals surface area (Å²) >= 11 is -1.34. The lowest BCUT2D eigenvalue weighted by molar-refractivity contribution is 0.561. The third-order valence-electron chi connectivity index (χ3n) is 1.72. The van der Waals surface area contributed by atoms with Crippen molar-refractivity contribution in [1.29, 1.82) is 0 Å². The van der Waals surface area contributed by atoms with Gasteiger partial charge in [-0.05, 0) is 26.8 Å². The quantitative estimate of drug-likeness (QED) is 0.565. The first kappa shape index (κ1) is 12.2. The van der Waals surface area contributed by atoms with Gasteiger partial charge in [0.15, 0.2) is 0 Å². The topological polar surface area (TPSA) is 35.4 Å². The average molecular weight is 227 g/mol. The van der Waals surface area contributed by atoms with Crippen molar-refractivity contribution in [3.05, 3.63) is 35.6 Å². The minimum absolute atomic E-state index is 0.354. The van der Waals surface area contributed by atoms with Crippen LogP contribution < -0.4 is 0 Å². The van der Waals surface area contributed by atoms with E-state index in [0.29, 0.717) is 5.56 Å². The van der Waals surface area contributed by atoms with E-state index in [1.54, 1.807) is 18.2 Å². The van der Waals surface area contributed by atoms with E-state index in [4.69, 9.17) is 0 Å². The van der Waals surface area contributed by atoms with Crippen molar-refractivity contribution in [1.82, 2.24) is 0 Å². The van der Waals surface area contributed by atoms with Crippen LogP contribution in [0.15, 0.2) is 28.7 Å². The van der Waals surface area contributed by atoms with Crippen molar-refractivity contribution in [3.63, 3.8) is 0 Å². The van der Waals surface area contributed by atoms with Crippen LogP contribution in [0.4, 0.5) is 4.39 Å². The van der Waals surface area contributed by atoms with Crippen LogP contribution in [0.1, 0.15) is 26.3 Å². The van der Waals surface area contributed by atoms with E-state index in [0.717, 1.165) is 0 Å². The lowest BCUT2D eigenvalue weighted by Gasteiger charge is -2.17. The van der Waals surface area contributed by atoms with Gasteiger partial charge in [-0.2, -0.15) is 0 Å². The molecule has 0 bridgehead atoms. The highest BCUT2D eigenvalue weighted by atomic mass is 32.2. The molecule has 0 saturated carbocycles. The zero-order valence-electron chi connectivity index (χ0n) is 9.03. The molecule has 1 atom stereocenters. The Balaban J connectivity index is 2.79. The summed E-state index contributed by atoms with van der Waals surface area (Å²) in [6, 6.07) is 6.26. The maximum Gasteiger partial charge on any atom is 0.144 e. The fourth-order valence-corrected chi connectivity index (χ4v) is 1.37. The zero-order chi connectivity index (χ0) is 11.5. The molecule has 1 rings (SSSR count). The predicted octanol–water partition coefficient (Wildman–Crippen LogP) is 2.71. The number of benzene rings is 1. The summed E-state index contributed by atoms with van der Waals surface area (Å²) < 4.78 is 28.1. The van der Waals surface area contributed by atoms with Gasteiger partial charge in [0.1, 0.15) is 21.9 Å². The fourth-order valence-electron chi connectivity index (χ4n) is 0.843. The molecule has 0 saturated heterocycles. The molecular weight excluding hydrogens is 213 g/mol. The highest BCUT2D eigenvalue weighted by molar-refractivity contribution is 7.91. The monoisotopic (exact) mass is 227 g/mol. The molecule has 0 aliphatic rings. The first-order valence-corrected chi connectivity index (χ1v) is 5.72. The highest BCUT2D eigenvalue weighted by Gasteiger charge is 2.25. The van der Waals surface area contributed by atoms with E-state index in [-0.39, 0.29) is 5.82 Å². The van der Waals surface area contributed by atoms with Crippen LogP contribution in [0.5, 0.6) is 0 Å². The van der Waals surface area contributed by atoms with Crippen molar-refractivity contribution in [2.24, 2.45) is 4.40 Å². The molecule has 1 aromatic carbocycles. The normalized spacial score (nSPS) is 14.5. The molecule has 0 heterocycles. The van der Waals surface area contributed by atoms with Gasteiger partial charge in [0.2, 0.25) is 0 Å². The van der Waals surface area contributed by atoms with E-state index in [1.807, 2.05) is 20.8 Å². The molecule has 0 aromatic heterocycles. The maximum absolute atomic E-state index is 13.1. The Bertz CT molecular complexity index is 360. The summed E-state index contributed by atoms with van der Waals surface area (Å²) in [5.41, 5.74) is 0.357. The summed E-state index contributed by atoms with van der Waals surface area (Å²) in [4.78, 5) is 0. The highest BCUT2D eigenvalue weighted by Crippen LogP contribution is 2.17. The molecule has 0 unspecified atom stereocenters. The van der Waals surface area contributed by atoms with Crippen LogP contribution in [0.2, 0.25) is 0 Å². The Labute approximate surface area is 92.5 Å². The largest absolute Gasteiger partial charge is 0.591 e. The molecular formula is C11H14FNOS. The number of hydrogen-bond acceptors (Lipinski definition) is 2. The van der Waals surface area contributed by atoms with Crippen LogP contribution in [-0.2, 0) is 11.4 Å². The van der Waals surface area contributed by atoms with Gasteiger partial charge >= 0.3 is 0 Å². The van der Waals surface area contributed by atoms with Gasteiger partial charge in [0, 0.05) is 5.56 Å². The van der Waals surface area contributed by atoms with Crippen molar-refractivity contribution < 1.29 is 8.94 Å². The fraction of sp³-hybridized carbons (Fsp3) is 0.364. The molecule has 0 aliphatic heterocycles. The van der Waals surface area contributed by atoms with Gasteiger partial charge in [-0.25, -0.2) is 4.39 Å². The number of nitrogens with zero attached hydrogens (tertiary/aromatic N) is 1. The van der Waals surface area contributed by atoms with E-state index in [2.05, 4.69) is 4.40 Å². The number of rotatable bonds is 2. The molecule has 1 aromatic rings. The Morgan fingerprint density at radius 1 is 1.33 bits per heavy atom. The zero-order valence-corrected chi connectivity index (χ0v) is 9.84. The summed E-state index contributed by atoms with van der Waals surface area (Å²) in [7, 11) is 0. The van der Waals surface area contributed by atoms with Crippen molar-refractivity contribution >= 4 is 17.6 Å². The number of halogens is 1. The van der Waals surface area contributed by atoms with Crippen LogP contribution in [0, 0.1) is 5.82 Å². The SMILES string of the molecule is CC(C)(C)[S@@+]([O-])/N=C/c1ccccc1F. The Hall–Kier alpha value is -0.870. The Morgan fingerprint density at radius 3 is 2.47 bits per heavy atom. The molecule has 0 N–H and O–H groups in total. The van der Waals surface area contributed by atoms with E-state index < -0.39 is 16.1 Å². The molecule has 15 heavy (non-hydrogen) atoms. The van der Waals surface area contributed by atoms with Crippen molar-refractivity contribution in [2.75, 3.05) is 0 Å². The Kier molecular flexibility index (Phi) is 3.88. The molecule has 82 valence electrons. The predicted molar refractivity (Wildman–Crippen MR) is 61.9 cm³/mol. The summed E-state index contributed by atoms with van der Waals surface area (Å²) in [6.45, 7) is 5.46. The average Bonchev–Trinajstić information content (AvgIpc) is 2.14. The molecule has 0 aliphatic carbocycles. The van der Waals surface area contributed by atoms with Crippen molar-refractivity contribution in [2.45, 2.75) is 25.5 Å². The van der Waals surface area contributed by atoms with Gasteiger partial charge in [-0.1, -0.05) is 22.6 Å². The Morgan fingerprint density at radius 2 is 1.93 bits per heavy atom. The standard InChI is InChI=1S/C11H14FNOS/c1-11(2,3)15(14)13-8-9-6-4-5-7-10(9)12/h4-8H,1-3H3/b13-8+/t15-/m1/s1. The van der Waals surface area contributed by atoms with Gasteiger partial charge in [-0.3, -0.25) is 0 Å². The van der Waals surface area contributed by atoms with Gasteiger partial charge in [-0.15, -0.1) is 0 Å². The first-order valence-electron chi connectivity index (χ1n) is 4.62. The van der Waals surface area contributed by atoms with Crippen molar-refractivity contribution in [3.8, 4) is 0 Å². The third-order valence-corrected chi connectivity index (χ3v) is 3.06. The van der Waals surface area contributed by atoms with Crippen LogP contribution in [-0.4, -0.2) is 15.5 Å². The minimum Gasteiger partial charge on any atom is -0.591 e. The van der Waals surface area contributed by atoms with Crippen LogP contribution in [0.3, 0.4) is 0 Å². The van der Waals surface area contributed by atoms with Crippen LogP contribution in [0.25, 0.3) is 0 Å².